The fraction of sp³-hybridized carbons (Fsp3) is 0.462. The molecule has 0 saturated heterocycles. The maximum absolute atomic E-state index is 6.13. The first-order valence-corrected chi connectivity index (χ1v) is 7.83. The lowest BCUT2D eigenvalue weighted by Gasteiger charge is -2.20. The largest absolute Gasteiger partial charge is 0.387 e. The summed E-state index contributed by atoms with van der Waals surface area (Å²) < 4.78 is 2.19. The third-order valence-electron chi connectivity index (χ3n) is 3.18. The molecule has 92 valence electrons. The molecule has 4 heteroatoms. The average molecular weight is 407 g/mol. The molecule has 0 heterocycles. The Bertz CT molecular complexity index is 425. The van der Waals surface area contributed by atoms with Crippen LogP contribution in [0.3, 0.4) is 0 Å². The minimum Gasteiger partial charge on any atom is -0.387 e. The Hall–Kier alpha value is -0.100. The van der Waals surface area contributed by atoms with Crippen LogP contribution < -0.4 is 5.73 Å². The van der Waals surface area contributed by atoms with E-state index in [4.69, 9.17) is 5.73 Å². The van der Waals surface area contributed by atoms with E-state index in [-0.39, 0.29) is 0 Å². The number of aliphatic imine (C=N–C) groups is 1. The van der Waals surface area contributed by atoms with Crippen molar-refractivity contribution in [3.8, 4) is 0 Å². The second-order valence-corrected chi connectivity index (χ2v) is 6.57. The zero-order chi connectivity index (χ0) is 12.3. The van der Waals surface area contributed by atoms with Crippen molar-refractivity contribution >= 4 is 50.0 Å². The van der Waals surface area contributed by atoms with E-state index < -0.39 is 0 Å². The number of benzene rings is 1. The van der Waals surface area contributed by atoms with Crippen LogP contribution in [-0.4, -0.2) is 5.84 Å². The smallest absolute Gasteiger partial charge is 0.103 e. The monoisotopic (exact) mass is 406 g/mol. The van der Waals surface area contributed by atoms with Crippen molar-refractivity contribution in [3.05, 3.63) is 26.2 Å². The van der Waals surface area contributed by atoms with Crippen molar-refractivity contribution in [1.82, 2.24) is 0 Å². The lowest BCUT2D eigenvalue weighted by molar-refractivity contribution is 0.437. The molecule has 1 fully saturated rings. The van der Waals surface area contributed by atoms with Gasteiger partial charge in [-0.3, -0.25) is 0 Å². The van der Waals surface area contributed by atoms with Gasteiger partial charge in [-0.05, 0) is 69.6 Å². The molecule has 2 N–H and O–H groups in total. The molecule has 0 atom stereocenters. The summed E-state index contributed by atoms with van der Waals surface area (Å²) in [6.45, 7) is 0. The van der Waals surface area contributed by atoms with Gasteiger partial charge in [0.1, 0.15) is 5.84 Å². The topological polar surface area (TPSA) is 38.4 Å². The minimum atomic E-state index is 0.480. The van der Waals surface area contributed by atoms with Crippen molar-refractivity contribution < 1.29 is 0 Å². The number of hydrogen-bond donors (Lipinski definition) is 1. The van der Waals surface area contributed by atoms with E-state index in [0.717, 1.165) is 16.0 Å². The van der Waals surface area contributed by atoms with Crippen LogP contribution in [0.5, 0.6) is 0 Å². The molecule has 0 aromatic heterocycles. The third kappa shape index (κ3) is 3.68. The summed E-state index contributed by atoms with van der Waals surface area (Å²) in [5.74, 6) is 1.28. The van der Waals surface area contributed by atoms with Crippen molar-refractivity contribution in [2.45, 2.75) is 32.1 Å². The van der Waals surface area contributed by atoms with E-state index in [9.17, 15) is 0 Å². The molecule has 0 aliphatic heterocycles. The van der Waals surface area contributed by atoms with Gasteiger partial charge in [-0.25, -0.2) is 4.99 Å². The molecule has 2 nitrogen and oxygen atoms in total. The fourth-order valence-corrected chi connectivity index (χ4v) is 3.01. The first-order chi connectivity index (χ1) is 8.16. The van der Waals surface area contributed by atoms with E-state index >= 15 is 0 Å². The highest BCUT2D eigenvalue weighted by Gasteiger charge is 2.17. The first kappa shape index (κ1) is 13.3. The normalized spacial score (nSPS) is 18.4. The Balaban J connectivity index is 2.19. The summed E-state index contributed by atoms with van der Waals surface area (Å²) in [6, 6.07) is 6.13. The highest BCUT2D eigenvalue weighted by Crippen LogP contribution is 2.29. The van der Waals surface area contributed by atoms with Crippen LogP contribution >= 0.6 is 38.5 Å². The second-order valence-electron chi connectivity index (χ2n) is 4.47. The van der Waals surface area contributed by atoms with Gasteiger partial charge in [0.15, 0.2) is 0 Å². The lowest BCUT2D eigenvalue weighted by atomic mass is 9.88. The predicted molar refractivity (Wildman–Crippen MR) is 84.7 cm³/mol. The number of halogens is 2. The molecule has 1 aliphatic carbocycles. The zero-order valence-corrected chi connectivity index (χ0v) is 13.4. The zero-order valence-electron chi connectivity index (χ0n) is 9.63. The van der Waals surface area contributed by atoms with E-state index in [1.54, 1.807) is 0 Å². The molecular weight excluding hydrogens is 391 g/mol. The van der Waals surface area contributed by atoms with Crippen molar-refractivity contribution in [3.63, 3.8) is 0 Å². The summed E-state index contributed by atoms with van der Waals surface area (Å²) in [5.41, 5.74) is 7.07. The third-order valence-corrected chi connectivity index (χ3v) is 4.52. The maximum atomic E-state index is 6.13. The summed E-state index contributed by atoms with van der Waals surface area (Å²) in [7, 11) is 0. The van der Waals surface area contributed by atoms with Gasteiger partial charge in [0.25, 0.3) is 0 Å². The highest BCUT2D eigenvalue weighted by molar-refractivity contribution is 14.1. The minimum absolute atomic E-state index is 0.480. The van der Waals surface area contributed by atoms with Gasteiger partial charge in [0, 0.05) is 14.0 Å². The molecule has 0 spiro atoms. The van der Waals surface area contributed by atoms with E-state index in [0.29, 0.717) is 5.92 Å². The van der Waals surface area contributed by atoms with Crippen LogP contribution in [-0.2, 0) is 0 Å². The molecule has 1 aromatic rings. The molecule has 1 aliphatic rings. The van der Waals surface area contributed by atoms with Gasteiger partial charge >= 0.3 is 0 Å². The summed E-state index contributed by atoms with van der Waals surface area (Å²) >= 11 is 5.81. The SMILES string of the molecule is NC(=Nc1cc(I)ccc1Br)C1CCCCC1. The maximum Gasteiger partial charge on any atom is 0.103 e. The molecule has 0 unspecified atom stereocenters. The summed E-state index contributed by atoms with van der Waals surface area (Å²) in [6.07, 6.45) is 6.30. The molecule has 0 amide bonds. The highest BCUT2D eigenvalue weighted by atomic mass is 127. The number of rotatable bonds is 2. The quantitative estimate of drug-likeness (QED) is 0.434. The van der Waals surface area contributed by atoms with E-state index in [1.807, 2.05) is 6.07 Å². The second kappa shape index (κ2) is 6.18. The summed E-state index contributed by atoms with van der Waals surface area (Å²) in [4.78, 5) is 4.59. The number of nitrogens with two attached hydrogens (primary N) is 1. The molecular formula is C13H16BrIN2. The van der Waals surface area contributed by atoms with Crippen LogP contribution in [0.15, 0.2) is 27.7 Å². The van der Waals surface area contributed by atoms with E-state index in [2.05, 4.69) is 55.6 Å². The molecule has 0 radical (unpaired) electrons. The van der Waals surface area contributed by atoms with Gasteiger partial charge in [-0.15, -0.1) is 0 Å². The Morgan fingerprint density at radius 3 is 2.71 bits per heavy atom. The summed E-state index contributed by atoms with van der Waals surface area (Å²) in [5, 5.41) is 0. The fourth-order valence-electron chi connectivity index (χ4n) is 2.20. The van der Waals surface area contributed by atoms with Gasteiger partial charge < -0.3 is 5.73 Å². The van der Waals surface area contributed by atoms with Crippen molar-refractivity contribution in [2.24, 2.45) is 16.6 Å². The van der Waals surface area contributed by atoms with Crippen molar-refractivity contribution in [2.75, 3.05) is 0 Å². The Morgan fingerprint density at radius 1 is 1.29 bits per heavy atom. The standard InChI is InChI=1S/C13H16BrIN2/c14-11-7-6-10(15)8-12(11)17-13(16)9-4-2-1-3-5-9/h6-9H,1-5H2,(H2,16,17). The van der Waals surface area contributed by atoms with Crippen LogP contribution in [0.4, 0.5) is 5.69 Å². The van der Waals surface area contributed by atoms with Crippen LogP contribution in [0.25, 0.3) is 0 Å². The Labute approximate surface area is 124 Å². The van der Waals surface area contributed by atoms with Crippen molar-refractivity contribution in [1.29, 1.82) is 0 Å². The Morgan fingerprint density at radius 2 is 2.00 bits per heavy atom. The van der Waals surface area contributed by atoms with Crippen LogP contribution in [0.1, 0.15) is 32.1 Å². The predicted octanol–water partition coefficient (Wildman–Crippen LogP) is 4.62. The molecule has 1 aromatic carbocycles. The average Bonchev–Trinajstić information content (AvgIpc) is 2.35. The molecule has 17 heavy (non-hydrogen) atoms. The van der Waals surface area contributed by atoms with Gasteiger partial charge in [0.2, 0.25) is 0 Å². The first-order valence-electron chi connectivity index (χ1n) is 5.96. The van der Waals surface area contributed by atoms with Gasteiger partial charge in [-0.2, -0.15) is 0 Å². The van der Waals surface area contributed by atoms with Gasteiger partial charge in [0.05, 0.1) is 5.69 Å². The number of hydrogen-bond acceptors (Lipinski definition) is 1. The van der Waals surface area contributed by atoms with E-state index in [1.165, 1.54) is 35.7 Å². The van der Waals surface area contributed by atoms with Gasteiger partial charge in [-0.1, -0.05) is 19.3 Å². The molecule has 1 saturated carbocycles. The Kier molecular flexibility index (Phi) is 4.85. The number of amidine groups is 1. The number of nitrogens with zero attached hydrogens (tertiary/aromatic N) is 1. The lowest BCUT2D eigenvalue weighted by Crippen LogP contribution is -2.25. The van der Waals surface area contributed by atoms with Crippen LogP contribution in [0, 0.1) is 9.49 Å². The molecule has 0 bridgehead atoms. The van der Waals surface area contributed by atoms with Crippen LogP contribution in [0.2, 0.25) is 0 Å². The molecule has 2 rings (SSSR count).